The number of hydrogen-bond acceptors (Lipinski definition) is 4. The van der Waals surface area contributed by atoms with E-state index in [0.717, 1.165) is 12.4 Å². The third-order valence-corrected chi connectivity index (χ3v) is 4.09. The lowest BCUT2D eigenvalue weighted by atomic mass is 9.86. The molecule has 1 aromatic heterocycles. The smallest absolute Gasteiger partial charge is 0.224 e. The molecule has 1 fully saturated rings. The van der Waals surface area contributed by atoms with Gasteiger partial charge in [0.2, 0.25) is 5.95 Å². The first-order valence-electron chi connectivity index (χ1n) is 6.49. The van der Waals surface area contributed by atoms with Crippen molar-refractivity contribution in [3.8, 4) is 0 Å². The maximum absolute atomic E-state index is 6.25. The first kappa shape index (κ1) is 13.4. The summed E-state index contributed by atoms with van der Waals surface area (Å²) in [5.74, 6) is 2.78. The van der Waals surface area contributed by atoms with Gasteiger partial charge in [-0.05, 0) is 25.2 Å². The van der Waals surface area contributed by atoms with E-state index in [4.69, 9.17) is 11.6 Å². The third kappa shape index (κ3) is 2.53. The molecule has 4 nitrogen and oxygen atoms in total. The van der Waals surface area contributed by atoms with E-state index in [2.05, 4.69) is 41.0 Å². The molecule has 18 heavy (non-hydrogen) atoms. The molecule has 0 amide bonds. The Kier molecular flexibility index (Phi) is 3.95. The van der Waals surface area contributed by atoms with E-state index in [0.29, 0.717) is 28.8 Å². The topological polar surface area (TPSA) is 41.1 Å². The molecule has 0 bridgehead atoms. The molecule has 1 saturated heterocycles. The largest absolute Gasteiger partial charge is 0.357 e. The van der Waals surface area contributed by atoms with Gasteiger partial charge in [-0.3, -0.25) is 0 Å². The Hall–Kier alpha value is -1.03. The van der Waals surface area contributed by atoms with E-state index >= 15 is 0 Å². The summed E-state index contributed by atoms with van der Waals surface area (Å²) in [6.07, 6.45) is 2.94. The highest BCUT2D eigenvalue weighted by atomic mass is 35.5. The number of anilines is 2. The predicted molar refractivity (Wildman–Crippen MR) is 76.3 cm³/mol. The average Bonchev–Trinajstić information content (AvgIpc) is 2.34. The minimum absolute atomic E-state index is 0.457. The summed E-state index contributed by atoms with van der Waals surface area (Å²) in [6.45, 7) is 7.82. The normalized spacial score (nSPS) is 28.3. The highest BCUT2D eigenvalue weighted by Gasteiger charge is 2.30. The SMILES string of the molecule is CNc1ncc(Cl)c(N2CC(C)CC(C)C2C)n1. The molecule has 1 N–H and O–H groups in total. The molecule has 0 radical (unpaired) electrons. The quantitative estimate of drug-likeness (QED) is 0.895. The lowest BCUT2D eigenvalue weighted by Gasteiger charge is -2.42. The van der Waals surface area contributed by atoms with Crippen LogP contribution in [0.15, 0.2) is 6.20 Å². The van der Waals surface area contributed by atoms with Crippen LogP contribution < -0.4 is 10.2 Å². The van der Waals surface area contributed by atoms with E-state index < -0.39 is 0 Å². The zero-order valence-corrected chi connectivity index (χ0v) is 12.2. The zero-order valence-electron chi connectivity index (χ0n) is 11.4. The molecule has 1 aliphatic rings. The molecule has 0 saturated carbocycles. The Labute approximate surface area is 114 Å². The van der Waals surface area contributed by atoms with Crippen LogP contribution >= 0.6 is 11.6 Å². The summed E-state index contributed by atoms with van der Waals surface area (Å²) < 4.78 is 0. The van der Waals surface area contributed by atoms with E-state index in [-0.39, 0.29) is 0 Å². The molecule has 2 rings (SSSR count). The fourth-order valence-corrected chi connectivity index (χ4v) is 2.87. The van der Waals surface area contributed by atoms with E-state index in [1.165, 1.54) is 6.42 Å². The van der Waals surface area contributed by atoms with Gasteiger partial charge in [-0.25, -0.2) is 4.98 Å². The van der Waals surface area contributed by atoms with Crippen LogP contribution in [0.5, 0.6) is 0 Å². The van der Waals surface area contributed by atoms with Crippen molar-refractivity contribution in [3.05, 3.63) is 11.2 Å². The molecule has 0 aromatic carbocycles. The summed E-state index contributed by atoms with van der Waals surface area (Å²) in [5, 5.41) is 3.59. The maximum atomic E-state index is 6.25. The van der Waals surface area contributed by atoms with Crippen LogP contribution in [-0.4, -0.2) is 29.6 Å². The van der Waals surface area contributed by atoms with Crippen LogP contribution in [0.1, 0.15) is 27.2 Å². The lowest BCUT2D eigenvalue weighted by Crippen LogP contribution is -2.46. The fourth-order valence-electron chi connectivity index (χ4n) is 2.67. The van der Waals surface area contributed by atoms with Crippen LogP contribution in [0.25, 0.3) is 0 Å². The van der Waals surface area contributed by atoms with E-state index in [1.807, 2.05) is 7.05 Å². The van der Waals surface area contributed by atoms with Crippen LogP contribution in [0.2, 0.25) is 5.02 Å². The number of rotatable bonds is 2. The van der Waals surface area contributed by atoms with Gasteiger partial charge in [0, 0.05) is 19.6 Å². The lowest BCUT2D eigenvalue weighted by molar-refractivity contribution is 0.295. The number of hydrogen-bond donors (Lipinski definition) is 1. The number of aromatic nitrogens is 2. The molecule has 0 aliphatic carbocycles. The van der Waals surface area contributed by atoms with Crippen molar-refractivity contribution >= 4 is 23.4 Å². The second-order valence-corrected chi connectivity index (χ2v) is 5.73. The van der Waals surface area contributed by atoms with Gasteiger partial charge in [0.05, 0.1) is 6.20 Å². The van der Waals surface area contributed by atoms with Crippen molar-refractivity contribution in [2.75, 3.05) is 23.8 Å². The Morgan fingerprint density at radius 2 is 2.11 bits per heavy atom. The Bertz CT molecular complexity index is 423. The molecule has 100 valence electrons. The maximum Gasteiger partial charge on any atom is 0.224 e. The number of halogens is 1. The van der Waals surface area contributed by atoms with Crippen molar-refractivity contribution in [2.45, 2.75) is 33.2 Å². The van der Waals surface area contributed by atoms with E-state index in [1.54, 1.807) is 6.20 Å². The molecular weight excluding hydrogens is 248 g/mol. The van der Waals surface area contributed by atoms with Crippen molar-refractivity contribution in [3.63, 3.8) is 0 Å². The zero-order chi connectivity index (χ0) is 13.3. The molecule has 0 spiro atoms. The van der Waals surface area contributed by atoms with Gasteiger partial charge >= 0.3 is 0 Å². The summed E-state index contributed by atoms with van der Waals surface area (Å²) in [5.41, 5.74) is 0. The second kappa shape index (κ2) is 5.31. The van der Waals surface area contributed by atoms with Crippen LogP contribution in [0.4, 0.5) is 11.8 Å². The van der Waals surface area contributed by atoms with Crippen molar-refractivity contribution in [1.29, 1.82) is 0 Å². The number of nitrogens with zero attached hydrogens (tertiary/aromatic N) is 3. The molecule has 2 heterocycles. The summed E-state index contributed by atoms with van der Waals surface area (Å²) in [7, 11) is 1.82. The Morgan fingerprint density at radius 3 is 2.78 bits per heavy atom. The average molecular weight is 269 g/mol. The minimum atomic E-state index is 0.457. The molecule has 3 atom stereocenters. The van der Waals surface area contributed by atoms with Crippen molar-refractivity contribution in [2.24, 2.45) is 11.8 Å². The summed E-state index contributed by atoms with van der Waals surface area (Å²) in [6, 6.07) is 0.457. The molecular formula is C13H21ClN4. The molecule has 1 aliphatic heterocycles. The van der Waals surface area contributed by atoms with Gasteiger partial charge in [0.25, 0.3) is 0 Å². The highest BCUT2D eigenvalue weighted by Crippen LogP contribution is 2.33. The van der Waals surface area contributed by atoms with Gasteiger partial charge in [-0.15, -0.1) is 0 Å². The highest BCUT2D eigenvalue weighted by molar-refractivity contribution is 6.32. The monoisotopic (exact) mass is 268 g/mol. The number of nitrogens with one attached hydrogen (secondary N) is 1. The Morgan fingerprint density at radius 1 is 1.39 bits per heavy atom. The second-order valence-electron chi connectivity index (χ2n) is 5.33. The Balaban J connectivity index is 2.34. The third-order valence-electron chi connectivity index (χ3n) is 3.82. The van der Waals surface area contributed by atoms with E-state index in [9.17, 15) is 0 Å². The summed E-state index contributed by atoms with van der Waals surface area (Å²) >= 11 is 6.25. The molecule has 5 heteroatoms. The van der Waals surface area contributed by atoms with Gasteiger partial charge in [0.15, 0.2) is 5.82 Å². The predicted octanol–water partition coefficient (Wildman–Crippen LogP) is 3.04. The molecule has 1 aromatic rings. The van der Waals surface area contributed by atoms with Crippen LogP contribution in [0, 0.1) is 11.8 Å². The van der Waals surface area contributed by atoms with Crippen molar-refractivity contribution in [1.82, 2.24) is 9.97 Å². The first-order chi connectivity index (χ1) is 8.52. The first-order valence-corrected chi connectivity index (χ1v) is 6.87. The fraction of sp³-hybridized carbons (Fsp3) is 0.692. The number of piperidine rings is 1. The molecule has 3 unspecified atom stereocenters. The van der Waals surface area contributed by atoms with Gasteiger partial charge < -0.3 is 10.2 Å². The standard InChI is InChI=1S/C13H21ClN4/c1-8-5-9(2)10(3)18(7-8)12-11(14)6-16-13(15-4)17-12/h6,8-10H,5,7H2,1-4H3,(H,15,16,17). The minimum Gasteiger partial charge on any atom is -0.357 e. The van der Waals surface area contributed by atoms with Gasteiger partial charge in [-0.1, -0.05) is 25.4 Å². The van der Waals surface area contributed by atoms with Crippen molar-refractivity contribution < 1.29 is 0 Å². The van der Waals surface area contributed by atoms with Crippen LogP contribution in [-0.2, 0) is 0 Å². The summed E-state index contributed by atoms with van der Waals surface area (Å²) in [4.78, 5) is 10.9. The van der Waals surface area contributed by atoms with Crippen LogP contribution in [0.3, 0.4) is 0 Å². The van der Waals surface area contributed by atoms with Gasteiger partial charge in [0.1, 0.15) is 5.02 Å². The van der Waals surface area contributed by atoms with Gasteiger partial charge in [-0.2, -0.15) is 4.98 Å².